The summed E-state index contributed by atoms with van der Waals surface area (Å²) in [6.07, 6.45) is 0.649. The molecular weight excluding hydrogens is 266 g/mol. The van der Waals surface area contributed by atoms with Crippen LogP contribution in [0.25, 0.3) is 0 Å². The third-order valence-electron chi connectivity index (χ3n) is 3.16. The summed E-state index contributed by atoms with van der Waals surface area (Å²) in [4.78, 5) is 2.25. The minimum Gasteiger partial charge on any atom is -0.389 e. The molecule has 0 bridgehead atoms. The van der Waals surface area contributed by atoms with E-state index >= 15 is 0 Å². The maximum Gasteiger partial charge on any atom is 0.0900 e. The van der Waals surface area contributed by atoms with Crippen molar-refractivity contribution in [2.45, 2.75) is 39.0 Å². The molecule has 0 aromatic heterocycles. The van der Waals surface area contributed by atoms with Gasteiger partial charge in [0.1, 0.15) is 0 Å². The predicted octanol–water partition coefficient (Wildman–Crippen LogP) is 2.31. The maximum atomic E-state index is 10.1. The molecule has 0 saturated carbocycles. The van der Waals surface area contributed by atoms with Crippen LogP contribution in [0.5, 0.6) is 0 Å². The summed E-state index contributed by atoms with van der Waals surface area (Å²) in [6, 6.07) is 10.3. The topological polar surface area (TPSA) is 41.9 Å². The van der Waals surface area contributed by atoms with Gasteiger partial charge in [-0.2, -0.15) is 0 Å². The van der Waals surface area contributed by atoms with Gasteiger partial charge in [0.25, 0.3) is 0 Å². The van der Waals surface area contributed by atoms with E-state index in [4.69, 9.17) is 9.47 Å². The number of methoxy groups -OCH3 is 1. The Labute approximate surface area is 128 Å². The first kappa shape index (κ1) is 18.1. The number of ether oxygens (including phenoxy) is 2. The first-order valence-electron chi connectivity index (χ1n) is 7.66. The normalized spacial score (nSPS) is 13.0. The molecule has 120 valence electrons. The van der Waals surface area contributed by atoms with E-state index in [-0.39, 0.29) is 6.10 Å². The zero-order valence-electron chi connectivity index (χ0n) is 13.5. The summed E-state index contributed by atoms with van der Waals surface area (Å²) in [5, 5.41) is 10.1. The van der Waals surface area contributed by atoms with Gasteiger partial charge < -0.3 is 14.6 Å². The zero-order valence-corrected chi connectivity index (χ0v) is 13.5. The summed E-state index contributed by atoms with van der Waals surface area (Å²) in [7, 11) is 1.72. The number of rotatable bonds is 11. The predicted molar refractivity (Wildman–Crippen MR) is 85.3 cm³/mol. The molecular formula is C17H29NO3. The van der Waals surface area contributed by atoms with Gasteiger partial charge in [0.2, 0.25) is 0 Å². The third-order valence-corrected chi connectivity index (χ3v) is 3.16. The van der Waals surface area contributed by atoms with Gasteiger partial charge in [-0.15, -0.1) is 0 Å². The molecule has 1 unspecified atom stereocenters. The van der Waals surface area contributed by atoms with E-state index in [0.29, 0.717) is 13.2 Å². The van der Waals surface area contributed by atoms with Gasteiger partial charge in [-0.3, -0.25) is 4.90 Å². The van der Waals surface area contributed by atoms with Crippen molar-refractivity contribution >= 4 is 0 Å². The second-order valence-corrected chi connectivity index (χ2v) is 5.60. The first-order chi connectivity index (χ1) is 10.1. The summed E-state index contributed by atoms with van der Waals surface area (Å²) >= 11 is 0. The van der Waals surface area contributed by atoms with Crippen molar-refractivity contribution in [2.75, 3.05) is 33.4 Å². The molecule has 1 atom stereocenters. The highest BCUT2D eigenvalue weighted by Gasteiger charge is 2.13. The lowest BCUT2D eigenvalue weighted by Gasteiger charge is -2.25. The Morgan fingerprint density at radius 3 is 2.52 bits per heavy atom. The Hall–Kier alpha value is -0.940. The molecule has 0 aliphatic carbocycles. The lowest BCUT2D eigenvalue weighted by Crippen LogP contribution is -2.36. The van der Waals surface area contributed by atoms with Crippen LogP contribution in [0, 0.1) is 0 Å². The fourth-order valence-corrected chi connectivity index (χ4v) is 2.16. The Morgan fingerprint density at radius 1 is 1.19 bits per heavy atom. The fourth-order valence-electron chi connectivity index (χ4n) is 2.16. The average molecular weight is 295 g/mol. The molecule has 0 radical (unpaired) electrons. The van der Waals surface area contributed by atoms with E-state index in [1.807, 2.05) is 32.0 Å². The van der Waals surface area contributed by atoms with Gasteiger partial charge in [0, 0.05) is 33.4 Å². The van der Waals surface area contributed by atoms with Crippen molar-refractivity contribution in [1.82, 2.24) is 4.90 Å². The highest BCUT2D eigenvalue weighted by Crippen LogP contribution is 2.07. The molecule has 4 nitrogen and oxygen atoms in total. The Kier molecular flexibility index (Phi) is 9.26. The number of hydrogen-bond donors (Lipinski definition) is 1. The number of hydrogen-bond acceptors (Lipinski definition) is 4. The molecule has 0 heterocycles. The van der Waals surface area contributed by atoms with Crippen molar-refractivity contribution in [2.24, 2.45) is 0 Å². The van der Waals surface area contributed by atoms with Gasteiger partial charge in [-0.1, -0.05) is 30.3 Å². The van der Waals surface area contributed by atoms with E-state index in [1.165, 1.54) is 5.56 Å². The Balaban J connectivity index is 2.47. The summed E-state index contributed by atoms with van der Waals surface area (Å²) in [5.74, 6) is 0. The maximum absolute atomic E-state index is 10.1. The first-order valence-corrected chi connectivity index (χ1v) is 7.66. The molecule has 0 aliphatic rings. The standard InChI is InChI=1S/C17H29NO3/c1-15(2)21-14-17(19)13-18(10-7-11-20-3)12-16-8-5-4-6-9-16/h4-6,8-9,15,17,19H,7,10-14H2,1-3H3. The van der Waals surface area contributed by atoms with Gasteiger partial charge in [0.15, 0.2) is 0 Å². The smallest absolute Gasteiger partial charge is 0.0900 e. The zero-order chi connectivity index (χ0) is 15.5. The van der Waals surface area contributed by atoms with E-state index in [1.54, 1.807) is 7.11 Å². The SMILES string of the molecule is COCCCN(Cc1ccccc1)CC(O)COC(C)C. The third kappa shape index (κ3) is 8.83. The van der Waals surface area contributed by atoms with Gasteiger partial charge >= 0.3 is 0 Å². The molecule has 0 aliphatic heterocycles. The highest BCUT2D eigenvalue weighted by atomic mass is 16.5. The van der Waals surface area contributed by atoms with Crippen LogP contribution in [0.2, 0.25) is 0 Å². The van der Waals surface area contributed by atoms with Gasteiger partial charge in [0.05, 0.1) is 18.8 Å². The molecule has 1 N–H and O–H groups in total. The largest absolute Gasteiger partial charge is 0.389 e. The molecule has 0 spiro atoms. The summed E-state index contributed by atoms with van der Waals surface area (Å²) in [6.45, 7) is 7.44. The Morgan fingerprint density at radius 2 is 1.90 bits per heavy atom. The van der Waals surface area contributed by atoms with Crippen LogP contribution < -0.4 is 0 Å². The van der Waals surface area contributed by atoms with Crippen LogP contribution in [0.15, 0.2) is 30.3 Å². The highest BCUT2D eigenvalue weighted by molar-refractivity contribution is 5.14. The van der Waals surface area contributed by atoms with Crippen LogP contribution in [0.1, 0.15) is 25.8 Å². The van der Waals surface area contributed by atoms with Gasteiger partial charge in [-0.05, 0) is 25.8 Å². The molecule has 0 fully saturated rings. The van der Waals surface area contributed by atoms with Crippen molar-refractivity contribution in [3.63, 3.8) is 0 Å². The molecule has 1 aromatic carbocycles. The van der Waals surface area contributed by atoms with Crippen molar-refractivity contribution < 1.29 is 14.6 Å². The number of benzene rings is 1. The minimum atomic E-state index is -0.460. The molecule has 1 rings (SSSR count). The molecule has 1 aromatic rings. The van der Waals surface area contributed by atoms with Crippen LogP contribution in [-0.4, -0.2) is 55.6 Å². The van der Waals surface area contributed by atoms with Crippen LogP contribution in [-0.2, 0) is 16.0 Å². The lowest BCUT2D eigenvalue weighted by atomic mass is 10.2. The van der Waals surface area contributed by atoms with Gasteiger partial charge in [-0.25, -0.2) is 0 Å². The molecule has 4 heteroatoms. The monoisotopic (exact) mass is 295 g/mol. The second-order valence-electron chi connectivity index (χ2n) is 5.60. The van der Waals surface area contributed by atoms with E-state index in [9.17, 15) is 5.11 Å². The number of aliphatic hydroxyl groups is 1. The summed E-state index contributed by atoms with van der Waals surface area (Å²) < 4.78 is 10.6. The number of nitrogens with zero attached hydrogens (tertiary/aromatic N) is 1. The molecule has 21 heavy (non-hydrogen) atoms. The van der Waals surface area contributed by atoms with Crippen molar-refractivity contribution in [3.05, 3.63) is 35.9 Å². The van der Waals surface area contributed by atoms with Crippen molar-refractivity contribution in [3.8, 4) is 0 Å². The van der Waals surface area contributed by atoms with Crippen LogP contribution in [0.3, 0.4) is 0 Å². The fraction of sp³-hybridized carbons (Fsp3) is 0.647. The summed E-state index contributed by atoms with van der Waals surface area (Å²) in [5.41, 5.74) is 1.26. The quantitative estimate of drug-likeness (QED) is 0.636. The Bertz CT molecular complexity index is 356. The van der Waals surface area contributed by atoms with E-state index in [0.717, 1.165) is 26.1 Å². The lowest BCUT2D eigenvalue weighted by molar-refractivity contribution is -0.0103. The van der Waals surface area contributed by atoms with Crippen molar-refractivity contribution in [1.29, 1.82) is 0 Å². The van der Waals surface area contributed by atoms with E-state index < -0.39 is 6.10 Å². The number of aliphatic hydroxyl groups excluding tert-OH is 1. The van der Waals surface area contributed by atoms with Crippen LogP contribution >= 0.6 is 0 Å². The average Bonchev–Trinajstić information content (AvgIpc) is 2.46. The van der Waals surface area contributed by atoms with Crippen LogP contribution in [0.4, 0.5) is 0 Å². The molecule has 0 saturated heterocycles. The van der Waals surface area contributed by atoms with E-state index in [2.05, 4.69) is 17.0 Å². The molecule has 0 amide bonds. The minimum absolute atomic E-state index is 0.149. The second kappa shape index (κ2) is 10.7.